The first-order valence-electron chi connectivity index (χ1n) is 9.90. The van der Waals surface area contributed by atoms with Crippen LogP contribution >= 0.6 is 0 Å². The molecule has 31 heavy (non-hydrogen) atoms. The zero-order valence-corrected chi connectivity index (χ0v) is 17.4. The Morgan fingerprint density at radius 3 is 2.13 bits per heavy atom. The maximum atomic E-state index is 12.5. The van der Waals surface area contributed by atoms with E-state index in [2.05, 4.69) is 5.32 Å². The average molecular weight is 424 g/mol. The highest BCUT2D eigenvalue weighted by Crippen LogP contribution is 2.23. The highest BCUT2D eigenvalue weighted by molar-refractivity contribution is 6.21. The van der Waals surface area contributed by atoms with E-state index in [-0.39, 0.29) is 37.1 Å². The van der Waals surface area contributed by atoms with Crippen LogP contribution in [-0.2, 0) is 14.3 Å². The Morgan fingerprint density at radius 2 is 1.58 bits per heavy atom. The van der Waals surface area contributed by atoms with Crippen LogP contribution in [0.2, 0.25) is 0 Å². The van der Waals surface area contributed by atoms with Gasteiger partial charge in [0.25, 0.3) is 11.8 Å². The molecule has 1 atom stereocenters. The van der Waals surface area contributed by atoms with E-state index in [1.165, 1.54) is 7.11 Å². The van der Waals surface area contributed by atoms with E-state index in [1.54, 1.807) is 55.6 Å². The van der Waals surface area contributed by atoms with Crippen LogP contribution in [0.25, 0.3) is 0 Å². The fourth-order valence-electron chi connectivity index (χ4n) is 3.44. The molecule has 162 valence electrons. The number of imide groups is 1. The maximum absolute atomic E-state index is 12.5. The van der Waals surface area contributed by atoms with Crippen molar-refractivity contribution in [3.63, 3.8) is 0 Å². The third kappa shape index (κ3) is 5.09. The summed E-state index contributed by atoms with van der Waals surface area (Å²) < 4.78 is 9.87. The van der Waals surface area contributed by atoms with Crippen molar-refractivity contribution in [2.24, 2.45) is 0 Å². The fourth-order valence-corrected chi connectivity index (χ4v) is 3.44. The van der Waals surface area contributed by atoms with E-state index in [0.29, 0.717) is 23.3 Å². The van der Waals surface area contributed by atoms with E-state index >= 15 is 0 Å². The number of amides is 3. The lowest BCUT2D eigenvalue weighted by atomic mass is 10.0. The molecule has 1 aliphatic rings. The average Bonchev–Trinajstić information content (AvgIpc) is 3.03. The summed E-state index contributed by atoms with van der Waals surface area (Å²) in [6.45, 7) is 0.143. The molecule has 0 spiro atoms. The van der Waals surface area contributed by atoms with Crippen LogP contribution in [0.1, 0.15) is 51.6 Å². The first kappa shape index (κ1) is 22.0. The van der Waals surface area contributed by atoms with Gasteiger partial charge in [-0.1, -0.05) is 24.3 Å². The number of carbonyl (C=O) groups is 4. The fraction of sp³-hybridized carbons (Fsp3) is 0.304. The predicted molar refractivity (Wildman–Crippen MR) is 112 cm³/mol. The number of rotatable bonds is 9. The molecule has 3 amide bonds. The number of fused-ring (bicyclic) bond motifs is 1. The monoisotopic (exact) mass is 424 g/mol. The number of methoxy groups -OCH3 is 2. The molecule has 3 rings (SSSR count). The van der Waals surface area contributed by atoms with Gasteiger partial charge in [0.05, 0.1) is 37.8 Å². The van der Waals surface area contributed by atoms with Crippen LogP contribution in [0, 0.1) is 0 Å². The SMILES string of the molecule is COC(=O)CC(NC(=O)CCCN1C(=O)c2ccccc2C1=O)c1ccc(OC)cc1. The number of nitrogens with one attached hydrogen (secondary N) is 1. The van der Waals surface area contributed by atoms with Gasteiger partial charge in [-0.15, -0.1) is 0 Å². The minimum atomic E-state index is -0.565. The van der Waals surface area contributed by atoms with Gasteiger partial charge in [0.1, 0.15) is 5.75 Å². The molecule has 2 aromatic carbocycles. The lowest BCUT2D eigenvalue weighted by molar-refractivity contribution is -0.141. The van der Waals surface area contributed by atoms with Crippen LogP contribution in [0.4, 0.5) is 0 Å². The van der Waals surface area contributed by atoms with E-state index in [4.69, 9.17) is 9.47 Å². The zero-order chi connectivity index (χ0) is 22.4. The normalized spacial score (nSPS) is 13.5. The van der Waals surface area contributed by atoms with E-state index in [1.807, 2.05) is 0 Å². The standard InChI is InChI=1S/C23H24N2O6/c1-30-16-11-9-15(10-12-16)19(14-21(27)31-2)24-20(26)8-5-13-25-22(28)17-6-3-4-7-18(17)23(25)29/h3-4,6-7,9-12,19H,5,8,13-14H2,1-2H3,(H,24,26). The smallest absolute Gasteiger partial charge is 0.307 e. The molecule has 1 aliphatic heterocycles. The van der Waals surface area contributed by atoms with Crippen molar-refractivity contribution >= 4 is 23.7 Å². The molecule has 0 bridgehead atoms. The van der Waals surface area contributed by atoms with E-state index < -0.39 is 12.0 Å². The summed E-state index contributed by atoms with van der Waals surface area (Å²) in [7, 11) is 2.84. The van der Waals surface area contributed by atoms with Gasteiger partial charge >= 0.3 is 5.97 Å². The molecule has 0 fully saturated rings. The Balaban J connectivity index is 1.57. The van der Waals surface area contributed by atoms with Crippen molar-refractivity contribution < 1.29 is 28.7 Å². The first-order chi connectivity index (χ1) is 14.9. The van der Waals surface area contributed by atoms with Crippen molar-refractivity contribution in [1.82, 2.24) is 10.2 Å². The predicted octanol–water partition coefficient (Wildman–Crippen LogP) is 2.49. The minimum Gasteiger partial charge on any atom is -0.497 e. The minimum absolute atomic E-state index is 0.0209. The Kier molecular flexibility index (Phi) is 7.02. The van der Waals surface area contributed by atoms with Crippen molar-refractivity contribution in [3.8, 4) is 5.75 Å². The molecule has 8 nitrogen and oxygen atoms in total. The van der Waals surface area contributed by atoms with Gasteiger partial charge in [-0.3, -0.25) is 24.1 Å². The molecule has 0 aliphatic carbocycles. The highest BCUT2D eigenvalue weighted by atomic mass is 16.5. The number of hydrogen-bond donors (Lipinski definition) is 1. The van der Waals surface area contributed by atoms with Gasteiger partial charge in [-0.05, 0) is 36.2 Å². The third-order valence-electron chi connectivity index (χ3n) is 5.12. The van der Waals surface area contributed by atoms with Crippen molar-refractivity contribution in [3.05, 3.63) is 65.2 Å². The van der Waals surface area contributed by atoms with Crippen LogP contribution in [0.15, 0.2) is 48.5 Å². The Bertz CT molecular complexity index is 951. The molecular formula is C23H24N2O6. The topological polar surface area (TPSA) is 102 Å². The molecule has 2 aromatic rings. The van der Waals surface area contributed by atoms with Crippen molar-refractivity contribution in [1.29, 1.82) is 0 Å². The van der Waals surface area contributed by atoms with Gasteiger partial charge in [0, 0.05) is 13.0 Å². The van der Waals surface area contributed by atoms with Gasteiger partial charge in [0.2, 0.25) is 5.91 Å². The summed E-state index contributed by atoms with van der Waals surface area (Å²) >= 11 is 0. The quantitative estimate of drug-likeness (QED) is 0.490. The zero-order valence-electron chi connectivity index (χ0n) is 17.4. The number of esters is 1. The number of nitrogens with zero attached hydrogens (tertiary/aromatic N) is 1. The number of hydrogen-bond acceptors (Lipinski definition) is 6. The summed E-state index contributed by atoms with van der Waals surface area (Å²) in [5.41, 5.74) is 1.50. The van der Waals surface area contributed by atoms with Gasteiger partial charge in [-0.25, -0.2) is 0 Å². The molecule has 0 saturated carbocycles. The van der Waals surface area contributed by atoms with E-state index in [9.17, 15) is 19.2 Å². The molecule has 0 radical (unpaired) electrons. The second-order valence-electron chi connectivity index (χ2n) is 7.08. The molecule has 1 N–H and O–H groups in total. The summed E-state index contributed by atoms with van der Waals surface area (Å²) in [5, 5.41) is 2.83. The van der Waals surface area contributed by atoms with Crippen LogP contribution in [-0.4, -0.2) is 49.4 Å². The molecule has 0 aromatic heterocycles. The Labute approximate surface area is 180 Å². The van der Waals surface area contributed by atoms with Crippen LogP contribution in [0.3, 0.4) is 0 Å². The largest absolute Gasteiger partial charge is 0.497 e. The lowest BCUT2D eigenvalue weighted by Gasteiger charge is -2.19. The summed E-state index contributed by atoms with van der Waals surface area (Å²) in [6, 6.07) is 13.1. The summed E-state index contributed by atoms with van der Waals surface area (Å²) in [6.07, 6.45) is 0.388. The summed E-state index contributed by atoms with van der Waals surface area (Å²) in [5.74, 6) is -0.771. The Morgan fingerprint density at radius 1 is 0.968 bits per heavy atom. The molecule has 8 heteroatoms. The molecule has 1 heterocycles. The van der Waals surface area contributed by atoms with Crippen LogP contribution < -0.4 is 10.1 Å². The molecular weight excluding hydrogens is 400 g/mol. The van der Waals surface area contributed by atoms with Gasteiger partial charge in [-0.2, -0.15) is 0 Å². The number of benzene rings is 2. The second-order valence-corrected chi connectivity index (χ2v) is 7.08. The van der Waals surface area contributed by atoms with Crippen molar-refractivity contribution in [2.45, 2.75) is 25.3 Å². The maximum Gasteiger partial charge on any atom is 0.307 e. The van der Waals surface area contributed by atoms with Crippen LogP contribution in [0.5, 0.6) is 5.75 Å². The number of carbonyl (C=O) groups excluding carboxylic acids is 4. The highest BCUT2D eigenvalue weighted by Gasteiger charge is 2.34. The van der Waals surface area contributed by atoms with Gasteiger partial charge in [0.15, 0.2) is 0 Å². The number of ether oxygens (including phenoxy) is 2. The molecule has 0 saturated heterocycles. The summed E-state index contributed by atoms with van der Waals surface area (Å²) in [4.78, 5) is 50.2. The first-order valence-corrected chi connectivity index (χ1v) is 9.90. The van der Waals surface area contributed by atoms with Gasteiger partial charge < -0.3 is 14.8 Å². The third-order valence-corrected chi connectivity index (χ3v) is 5.12. The lowest BCUT2D eigenvalue weighted by Crippen LogP contribution is -2.33. The second kappa shape index (κ2) is 9.88. The van der Waals surface area contributed by atoms with Crippen molar-refractivity contribution in [2.75, 3.05) is 20.8 Å². The van der Waals surface area contributed by atoms with E-state index in [0.717, 1.165) is 10.5 Å². The Hall–Kier alpha value is -3.68. The molecule has 1 unspecified atom stereocenters.